The zero-order chi connectivity index (χ0) is 18.1. The van der Waals surface area contributed by atoms with Crippen LogP contribution in [0.4, 0.5) is 16.2 Å². The molecule has 5 nitrogen and oxygen atoms in total. The van der Waals surface area contributed by atoms with E-state index in [2.05, 4.69) is 58.0 Å². The monoisotopic (exact) mass is 370 g/mol. The van der Waals surface area contributed by atoms with Crippen LogP contribution in [0.15, 0.2) is 35.0 Å². The van der Waals surface area contributed by atoms with Gasteiger partial charge in [0.05, 0.1) is 0 Å². The average Bonchev–Trinajstić information content (AvgIpc) is 3.32. The van der Waals surface area contributed by atoms with Gasteiger partial charge in [-0.3, -0.25) is 4.90 Å². The van der Waals surface area contributed by atoms with Gasteiger partial charge in [0, 0.05) is 57.2 Å². The molecule has 1 aromatic carbocycles. The van der Waals surface area contributed by atoms with Gasteiger partial charge >= 0.3 is 6.03 Å². The highest BCUT2D eigenvalue weighted by Gasteiger charge is 2.25. The van der Waals surface area contributed by atoms with Crippen molar-refractivity contribution in [1.29, 1.82) is 0 Å². The summed E-state index contributed by atoms with van der Waals surface area (Å²) in [5, 5.41) is 7.42. The number of anilines is 2. The lowest BCUT2D eigenvalue weighted by atomic mass is 10.1. The molecule has 1 aromatic heterocycles. The molecular formula is C20H26N4OS. The number of amides is 2. The van der Waals surface area contributed by atoms with Crippen LogP contribution in [0, 0.1) is 0 Å². The fourth-order valence-corrected chi connectivity index (χ4v) is 4.60. The molecule has 2 aliphatic rings. The van der Waals surface area contributed by atoms with Crippen LogP contribution in [0.3, 0.4) is 0 Å². The Morgan fingerprint density at radius 2 is 1.96 bits per heavy atom. The average molecular weight is 371 g/mol. The van der Waals surface area contributed by atoms with Crippen molar-refractivity contribution in [3.63, 3.8) is 0 Å². The Morgan fingerprint density at radius 3 is 2.69 bits per heavy atom. The normalized spacial score (nSPS) is 18.7. The summed E-state index contributed by atoms with van der Waals surface area (Å²) in [5.41, 5.74) is 4.85. The molecule has 1 atom stereocenters. The van der Waals surface area contributed by atoms with Gasteiger partial charge in [0.25, 0.3) is 0 Å². The standard InChI is InChI=1S/C20H26N4OS/c1-15(17-6-12-26-14-17)23-8-10-24(11-9-23)20(25)21-18-4-3-16-5-7-22(2)19(16)13-18/h3-4,6,12-15H,5,7-11H2,1-2H3,(H,21,25)/t15-/m0/s1. The highest BCUT2D eigenvalue weighted by atomic mass is 32.1. The lowest BCUT2D eigenvalue weighted by molar-refractivity contribution is 0.119. The van der Waals surface area contributed by atoms with Gasteiger partial charge in [0.15, 0.2) is 0 Å². The summed E-state index contributed by atoms with van der Waals surface area (Å²) in [7, 11) is 2.10. The Balaban J connectivity index is 1.33. The van der Waals surface area contributed by atoms with Gasteiger partial charge in [-0.1, -0.05) is 6.07 Å². The van der Waals surface area contributed by atoms with E-state index >= 15 is 0 Å². The molecule has 2 amide bonds. The van der Waals surface area contributed by atoms with Gasteiger partial charge in [-0.2, -0.15) is 11.3 Å². The van der Waals surface area contributed by atoms with E-state index < -0.39 is 0 Å². The van der Waals surface area contributed by atoms with Crippen molar-refractivity contribution in [3.05, 3.63) is 46.2 Å². The minimum atomic E-state index is 0.00781. The molecule has 0 radical (unpaired) electrons. The Labute approximate surface area is 159 Å². The zero-order valence-electron chi connectivity index (χ0n) is 15.4. The number of nitrogens with one attached hydrogen (secondary N) is 1. The van der Waals surface area contributed by atoms with Crippen molar-refractivity contribution in [2.45, 2.75) is 19.4 Å². The fraction of sp³-hybridized carbons (Fsp3) is 0.450. The van der Waals surface area contributed by atoms with E-state index in [1.54, 1.807) is 11.3 Å². The first-order chi connectivity index (χ1) is 12.6. The number of benzene rings is 1. The van der Waals surface area contributed by atoms with Crippen LogP contribution in [0.1, 0.15) is 24.1 Å². The smallest absolute Gasteiger partial charge is 0.321 e. The molecule has 1 N–H and O–H groups in total. The van der Waals surface area contributed by atoms with Gasteiger partial charge in [0.1, 0.15) is 0 Å². The van der Waals surface area contributed by atoms with Gasteiger partial charge in [0.2, 0.25) is 0 Å². The minimum Gasteiger partial charge on any atom is -0.374 e. The van der Waals surface area contributed by atoms with Gasteiger partial charge in [-0.25, -0.2) is 4.79 Å². The first-order valence-electron chi connectivity index (χ1n) is 9.28. The SMILES string of the molecule is C[C@@H](c1ccsc1)N1CCN(C(=O)Nc2ccc3c(c2)N(C)CC3)CC1. The molecular weight excluding hydrogens is 344 g/mol. The highest BCUT2D eigenvalue weighted by molar-refractivity contribution is 7.07. The number of hydrogen-bond acceptors (Lipinski definition) is 4. The van der Waals surface area contributed by atoms with E-state index in [0.717, 1.165) is 44.8 Å². The fourth-order valence-electron chi connectivity index (χ4n) is 3.86. The number of likely N-dealkylation sites (N-methyl/N-ethyl adjacent to an activating group) is 1. The summed E-state index contributed by atoms with van der Waals surface area (Å²) < 4.78 is 0. The van der Waals surface area contributed by atoms with Crippen molar-refractivity contribution in [1.82, 2.24) is 9.80 Å². The third-order valence-corrected chi connectivity index (χ3v) is 6.34. The van der Waals surface area contributed by atoms with E-state index in [4.69, 9.17) is 0 Å². The molecule has 2 aromatic rings. The number of hydrogen-bond donors (Lipinski definition) is 1. The molecule has 0 unspecified atom stereocenters. The zero-order valence-corrected chi connectivity index (χ0v) is 16.3. The highest BCUT2D eigenvalue weighted by Crippen LogP contribution is 2.30. The summed E-state index contributed by atoms with van der Waals surface area (Å²) in [6.07, 6.45) is 1.09. The first-order valence-corrected chi connectivity index (χ1v) is 10.2. The van der Waals surface area contributed by atoms with E-state index in [0.29, 0.717) is 6.04 Å². The van der Waals surface area contributed by atoms with Crippen LogP contribution in [-0.4, -0.2) is 55.6 Å². The molecule has 0 aliphatic carbocycles. The summed E-state index contributed by atoms with van der Waals surface area (Å²) in [6.45, 7) is 6.67. The number of carbonyl (C=O) groups is 1. The Morgan fingerprint density at radius 1 is 1.15 bits per heavy atom. The van der Waals surface area contributed by atoms with Crippen molar-refractivity contribution >= 4 is 28.7 Å². The molecule has 1 fully saturated rings. The minimum absolute atomic E-state index is 0.00781. The van der Waals surface area contributed by atoms with Crippen LogP contribution in [-0.2, 0) is 6.42 Å². The van der Waals surface area contributed by atoms with Gasteiger partial charge < -0.3 is 15.1 Å². The maximum atomic E-state index is 12.6. The molecule has 0 spiro atoms. The van der Waals surface area contributed by atoms with Crippen molar-refractivity contribution < 1.29 is 4.79 Å². The molecule has 138 valence electrons. The number of nitrogens with zero attached hydrogens (tertiary/aromatic N) is 3. The lowest BCUT2D eigenvalue weighted by Gasteiger charge is -2.37. The van der Waals surface area contributed by atoms with E-state index in [-0.39, 0.29) is 6.03 Å². The quantitative estimate of drug-likeness (QED) is 0.896. The van der Waals surface area contributed by atoms with Crippen molar-refractivity contribution in [2.75, 3.05) is 50.0 Å². The molecule has 4 rings (SSSR count). The molecule has 26 heavy (non-hydrogen) atoms. The second-order valence-electron chi connectivity index (χ2n) is 7.20. The Kier molecular flexibility index (Phi) is 4.87. The third-order valence-electron chi connectivity index (χ3n) is 5.64. The van der Waals surface area contributed by atoms with Crippen molar-refractivity contribution in [3.8, 4) is 0 Å². The predicted molar refractivity (Wildman–Crippen MR) is 108 cm³/mol. The summed E-state index contributed by atoms with van der Waals surface area (Å²) in [4.78, 5) is 19.3. The number of rotatable bonds is 3. The summed E-state index contributed by atoms with van der Waals surface area (Å²) >= 11 is 1.74. The Hall–Kier alpha value is -2.05. The molecule has 0 saturated carbocycles. The summed E-state index contributed by atoms with van der Waals surface area (Å²) in [5.74, 6) is 0. The summed E-state index contributed by atoms with van der Waals surface area (Å²) in [6, 6.07) is 8.86. The van der Waals surface area contributed by atoms with Crippen LogP contribution < -0.4 is 10.2 Å². The topological polar surface area (TPSA) is 38.8 Å². The van der Waals surface area contributed by atoms with Gasteiger partial charge in [-0.05, 0) is 53.4 Å². The first kappa shape index (κ1) is 17.4. The van der Waals surface area contributed by atoms with E-state index in [9.17, 15) is 4.79 Å². The largest absolute Gasteiger partial charge is 0.374 e. The van der Waals surface area contributed by atoms with E-state index in [1.165, 1.54) is 16.8 Å². The maximum absolute atomic E-state index is 12.6. The van der Waals surface area contributed by atoms with Crippen LogP contribution >= 0.6 is 11.3 Å². The molecule has 1 saturated heterocycles. The lowest BCUT2D eigenvalue weighted by Crippen LogP contribution is -2.50. The number of fused-ring (bicyclic) bond motifs is 1. The predicted octanol–water partition coefficient (Wildman–Crippen LogP) is 3.65. The third kappa shape index (κ3) is 3.44. The number of thiophene rings is 1. The van der Waals surface area contributed by atoms with Gasteiger partial charge in [-0.15, -0.1) is 0 Å². The van der Waals surface area contributed by atoms with Crippen LogP contribution in [0.2, 0.25) is 0 Å². The van der Waals surface area contributed by atoms with Crippen molar-refractivity contribution in [2.24, 2.45) is 0 Å². The van der Waals surface area contributed by atoms with E-state index in [1.807, 2.05) is 11.0 Å². The maximum Gasteiger partial charge on any atom is 0.321 e. The number of urea groups is 1. The Bertz CT molecular complexity index is 768. The second-order valence-corrected chi connectivity index (χ2v) is 7.98. The molecule has 6 heteroatoms. The van der Waals surface area contributed by atoms with Crippen LogP contribution in [0.5, 0.6) is 0 Å². The second kappa shape index (κ2) is 7.29. The molecule has 2 aliphatic heterocycles. The number of piperazine rings is 1. The molecule has 3 heterocycles. The molecule has 0 bridgehead atoms. The van der Waals surface area contributed by atoms with Crippen LogP contribution in [0.25, 0.3) is 0 Å². The number of carbonyl (C=O) groups excluding carboxylic acids is 1.